The van der Waals surface area contributed by atoms with Crippen LogP contribution in [-0.2, 0) is 16.4 Å². The molecule has 1 aromatic heterocycles. The summed E-state index contributed by atoms with van der Waals surface area (Å²) in [5.74, 6) is -0.970. The van der Waals surface area contributed by atoms with Gasteiger partial charge in [-0.15, -0.1) is 0 Å². The molecular formula is C13H15FN2O3S2. The van der Waals surface area contributed by atoms with Gasteiger partial charge in [-0.3, -0.25) is 0 Å². The number of rotatable bonds is 6. The second kappa shape index (κ2) is 6.42. The van der Waals surface area contributed by atoms with E-state index in [0.29, 0.717) is 6.42 Å². The van der Waals surface area contributed by atoms with Crippen molar-refractivity contribution < 1.29 is 17.5 Å². The van der Waals surface area contributed by atoms with Crippen LogP contribution in [0.3, 0.4) is 0 Å². The second-order valence-corrected chi connectivity index (χ2v) is 6.85. The number of ether oxygens (including phenoxy) is 1. The quantitative estimate of drug-likeness (QED) is 0.794. The van der Waals surface area contributed by atoms with Gasteiger partial charge in [0.05, 0.1) is 17.7 Å². The molecule has 0 saturated heterocycles. The van der Waals surface area contributed by atoms with Gasteiger partial charge in [-0.2, -0.15) is 11.3 Å². The molecule has 0 spiro atoms. The topological polar surface area (TPSA) is 81.4 Å². The standard InChI is InChI=1S/C13H15FN2O3S2/c1-19-13-11(14)6-10(7-12(13)15)21(17,18)16-4-2-9-3-5-20-8-9/h3,5-8,16H,2,4,15H2,1H3. The van der Waals surface area contributed by atoms with Crippen molar-refractivity contribution in [3.63, 3.8) is 0 Å². The van der Waals surface area contributed by atoms with E-state index in [1.807, 2.05) is 16.8 Å². The van der Waals surface area contributed by atoms with E-state index in [0.717, 1.165) is 11.6 Å². The van der Waals surface area contributed by atoms with E-state index >= 15 is 0 Å². The molecule has 1 aromatic carbocycles. The third-order valence-electron chi connectivity index (χ3n) is 2.85. The predicted molar refractivity (Wildman–Crippen MR) is 80.6 cm³/mol. The van der Waals surface area contributed by atoms with Gasteiger partial charge in [0.15, 0.2) is 11.6 Å². The Hall–Kier alpha value is -1.64. The van der Waals surface area contributed by atoms with Crippen LogP contribution < -0.4 is 15.2 Å². The summed E-state index contributed by atoms with van der Waals surface area (Å²) in [5.41, 5.74) is 6.56. The SMILES string of the molecule is COc1c(N)cc(S(=O)(=O)NCCc2ccsc2)cc1F. The molecule has 0 amide bonds. The zero-order chi connectivity index (χ0) is 15.5. The van der Waals surface area contributed by atoms with Gasteiger partial charge in [-0.25, -0.2) is 17.5 Å². The first-order valence-corrected chi connectivity index (χ1v) is 8.50. The highest BCUT2D eigenvalue weighted by molar-refractivity contribution is 7.89. The fourth-order valence-corrected chi connectivity index (χ4v) is 3.59. The van der Waals surface area contributed by atoms with Crippen LogP contribution in [0.25, 0.3) is 0 Å². The predicted octanol–water partition coefficient (Wildman–Crippen LogP) is 2.00. The van der Waals surface area contributed by atoms with Crippen molar-refractivity contribution in [2.75, 3.05) is 19.4 Å². The van der Waals surface area contributed by atoms with E-state index in [2.05, 4.69) is 4.72 Å². The third kappa shape index (κ3) is 3.72. The Bertz CT molecular complexity index is 692. The lowest BCUT2D eigenvalue weighted by Gasteiger charge is -2.10. The molecule has 0 fully saturated rings. The largest absolute Gasteiger partial charge is 0.492 e. The zero-order valence-electron chi connectivity index (χ0n) is 11.3. The molecule has 1 heterocycles. The number of thiophene rings is 1. The van der Waals surface area contributed by atoms with Crippen molar-refractivity contribution in [1.82, 2.24) is 4.72 Å². The van der Waals surface area contributed by atoms with Gasteiger partial charge in [0.1, 0.15) is 0 Å². The Balaban J connectivity index is 2.12. The van der Waals surface area contributed by atoms with Crippen molar-refractivity contribution in [3.8, 4) is 5.75 Å². The summed E-state index contributed by atoms with van der Waals surface area (Å²) < 4.78 is 45.1. The molecular weight excluding hydrogens is 315 g/mol. The fraction of sp³-hybridized carbons (Fsp3) is 0.231. The molecule has 2 aromatic rings. The van der Waals surface area contributed by atoms with Crippen LogP contribution in [0.15, 0.2) is 33.9 Å². The van der Waals surface area contributed by atoms with E-state index in [1.54, 1.807) is 11.3 Å². The van der Waals surface area contributed by atoms with Crippen LogP contribution in [0.1, 0.15) is 5.56 Å². The molecule has 0 saturated carbocycles. The average molecular weight is 330 g/mol. The van der Waals surface area contributed by atoms with E-state index in [9.17, 15) is 12.8 Å². The minimum Gasteiger partial charge on any atom is -0.492 e. The number of nitrogen functional groups attached to an aromatic ring is 1. The summed E-state index contributed by atoms with van der Waals surface area (Å²) in [5, 5.41) is 3.86. The summed E-state index contributed by atoms with van der Waals surface area (Å²) in [6.07, 6.45) is 0.566. The van der Waals surface area contributed by atoms with Gasteiger partial charge in [0.25, 0.3) is 0 Å². The Morgan fingerprint density at radius 3 is 2.76 bits per heavy atom. The van der Waals surface area contributed by atoms with Crippen molar-refractivity contribution in [2.45, 2.75) is 11.3 Å². The molecule has 2 rings (SSSR count). The number of methoxy groups -OCH3 is 1. The number of anilines is 1. The number of hydrogen-bond acceptors (Lipinski definition) is 5. The lowest BCUT2D eigenvalue weighted by Crippen LogP contribution is -2.26. The Labute approximate surface area is 126 Å². The summed E-state index contributed by atoms with van der Waals surface area (Å²) in [6.45, 7) is 0.229. The van der Waals surface area contributed by atoms with Crippen molar-refractivity contribution in [3.05, 3.63) is 40.3 Å². The number of benzene rings is 1. The fourth-order valence-electron chi connectivity index (χ4n) is 1.81. The molecule has 0 bridgehead atoms. The minimum absolute atomic E-state index is 0.0595. The smallest absolute Gasteiger partial charge is 0.240 e. The second-order valence-electron chi connectivity index (χ2n) is 4.31. The highest BCUT2D eigenvalue weighted by Gasteiger charge is 2.18. The minimum atomic E-state index is -3.81. The van der Waals surface area contributed by atoms with Crippen molar-refractivity contribution in [1.29, 1.82) is 0 Å². The Morgan fingerprint density at radius 2 is 2.19 bits per heavy atom. The average Bonchev–Trinajstić information content (AvgIpc) is 2.91. The lowest BCUT2D eigenvalue weighted by molar-refractivity contribution is 0.388. The first-order chi connectivity index (χ1) is 9.94. The monoisotopic (exact) mass is 330 g/mol. The number of halogens is 1. The molecule has 0 aliphatic carbocycles. The Morgan fingerprint density at radius 1 is 1.43 bits per heavy atom. The van der Waals surface area contributed by atoms with Crippen LogP contribution in [0.5, 0.6) is 5.75 Å². The maximum absolute atomic E-state index is 13.7. The molecule has 0 aliphatic heterocycles. The summed E-state index contributed by atoms with van der Waals surface area (Å²) in [6, 6.07) is 3.99. The van der Waals surface area contributed by atoms with Crippen molar-refractivity contribution >= 4 is 27.0 Å². The lowest BCUT2D eigenvalue weighted by atomic mass is 10.2. The Kier molecular flexibility index (Phi) is 4.81. The summed E-state index contributed by atoms with van der Waals surface area (Å²) >= 11 is 1.54. The van der Waals surface area contributed by atoms with E-state index < -0.39 is 15.8 Å². The molecule has 3 N–H and O–H groups in total. The van der Waals surface area contributed by atoms with Crippen LogP contribution in [0, 0.1) is 5.82 Å². The maximum atomic E-state index is 13.7. The van der Waals surface area contributed by atoms with Gasteiger partial charge in [0, 0.05) is 6.54 Å². The molecule has 21 heavy (non-hydrogen) atoms. The molecule has 0 unspecified atom stereocenters. The molecule has 0 aliphatic rings. The van der Waals surface area contributed by atoms with Gasteiger partial charge < -0.3 is 10.5 Å². The normalized spacial score (nSPS) is 11.5. The van der Waals surface area contributed by atoms with Crippen LogP contribution in [-0.4, -0.2) is 22.1 Å². The first kappa shape index (κ1) is 15.7. The third-order valence-corrected chi connectivity index (χ3v) is 5.02. The highest BCUT2D eigenvalue weighted by atomic mass is 32.2. The number of nitrogens with two attached hydrogens (primary N) is 1. The van der Waals surface area contributed by atoms with Crippen LogP contribution in [0.2, 0.25) is 0 Å². The van der Waals surface area contributed by atoms with E-state index in [-0.39, 0.29) is 22.9 Å². The number of hydrogen-bond donors (Lipinski definition) is 2. The molecule has 114 valence electrons. The zero-order valence-corrected chi connectivity index (χ0v) is 12.9. The van der Waals surface area contributed by atoms with E-state index in [1.165, 1.54) is 13.2 Å². The van der Waals surface area contributed by atoms with Gasteiger partial charge in [0.2, 0.25) is 10.0 Å². The molecule has 5 nitrogen and oxygen atoms in total. The van der Waals surface area contributed by atoms with Crippen LogP contribution >= 0.6 is 11.3 Å². The molecule has 8 heteroatoms. The summed E-state index contributed by atoms with van der Waals surface area (Å²) in [7, 11) is -2.54. The van der Waals surface area contributed by atoms with Gasteiger partial charge >= 0.3 is 0 Å². The van der Waals surface area contributed by atoms with Crippen LogP contribution in [0.4, 0.5) is 10.1 Å². The van der Waals surface area contributed by atoms with Gasteiger partial charge in [-0.1, -0.05) is 0 Å². The number of sulfonamides is 1. The molecule has 0 atom stereocenters. The highest BCUT2D eigenvalue weighted by Crippen LogP contribution is 2.28. The maximum Gasteiger partial charge on any atom is 0.240 e. The first-order valence-electron chi connectivity index (χ1n) is 6.08. The molecule has 0 radical (unpaired) electrons. The summed E-state index contributed by atoms with van der Waals surface area (Å²) in [4.78, 5) is -0.219. The van der Waals surface area contributed by atoms with Crippen molar-refractivity contribution in [2.24, 2.45) is 0 Å². The number of nitrogens with one attached hydrogen (secondary N) is 1. The van der Waals surface area contributed by atoms with Gasteiger partial charge in [-0.05, 0) is 40.9 Å². The van der Waals surface area contributed by atoms with E-state index in [4.69, 9.17) is 10.5 Å².